The third-order valence-corrected chi connectivity index (χ3v) is 2.59. The van der Waals surface area contributed by atoms with Crippen molar-refractivity contribution >= 4 is 5.91 Å². The highest BCUT2D eigenvalue weighted by Crippen LogP contribution is 2.03. The standard InChI is InChI=1S/C13H12N4O/c1-17-9-15-8-12(17)13(18)16-7-11-4-2-10(6-14)3-5-11/h2-5,8-9H,7H2,1H3,(H,16,18). The largest absolute Gasteiger partial charge is 0.347 e. The maximum absolute atomic E-state index is 11.8. The van der Waals surface area contributed by atoms with E-state index in [1.165, 1.54) is 6.20 Å². The number of nitriles is 1. The molecule has 1 N–H and O–H groups in total. The van der Waals surface area contributed by atoms with Crippen molar-refractivity contribution in [1.82, 2.24) is 14.9 Å². The zero-order valence-electron chi connectivity index (χ0n) is 9.92. The van der Waals surface area contributed by atoms with Gasteiger partial charge in [-0.1, -0.05) is 12.1 Å². The topological polar surface area (TPSA) is 70.7 Å². The Labute approximate surface area is 105 Å². The van der Waals surface area contributed by atoms with Crippen molar-refractivity contribution in [3.63, 3.8) is 0 Å². The third kappa shape index (κ3) is 2.55. The van der Waals surface area contributed by atoms with Crippen LogP contribution in [-0.4, -0.2) is 15.5 Å². The lowest BCUT2D eigenvalue weighted by Crippen LogP contribution is -2.24. The van der Waals surface area contributed by atoms with Gasteiger partial charge in [0.15, 0.2) is 0 Å². The second-order valence-electron chi connectivity index (χ2n) is 3.88. The quantitative estimate of drug-likeness (QED) is 0.876. The SMILES string of the molecule is Cn1cncc1C(=O)NCc1ccc(C#N)cc1. The molecule has 1 heterocycles. The van der Waals surface area contributed by atoms with Gasteiger partial charge in [-0.25, -0.2) is 4.98 Å². The normalized spacial score (nSPS) is 9.78. The van der Waals surface area contributed by atoms with Crippen LogP contribution in [0.4, 0.5) is 0 Å². The van der Waals surface area contributed by atoms with Gasteiger partial charge in [0.05, 0.1) is 24.2 Å². The highest BCUT2D eigenvalue weighted by molar-refractivity contribution is 5.92. The van der Waals surface area contributed by atoms with Crippen LogP contribution >= 0.6 is 0 Å². The molecule has 5 nitrogen and oxygen atoms in total. The first kappa shape index (κ1) is 11.9. The fourth-order valence-corrected chi connectivity index (χ4v) is 1.55. The first-order chi connectivity index (χ1) is 8.70. The number of rotatable bonds is 3. The number of hydrogen-bond donors (Lipinski definition) is 1. The molecule has 5 heteroatoms. The molecule has 18 heavy (non-hydrogen) atoms. The number of nitrogens with zero attached hydrogens (tertiary/aromatic N) is 3. The van der Waals surface area contributed by atoms with Gasteiger partial charge in [0.25, 0.3) is 5.91 Å². The monoisotopic (exact) mass is 240 g/mol. The molecule has 0 saturated carbocycles. The number of nitrogens with one attached hydrogen (secondary N) is 1. The Bertz CT molecular complexity index is 592. The van der Waals surface area contributed by atoms with E-state index < -0.39 is 0 Å². The average molecular weight is 240 g/mol. The number of carbonyl (C=O) groups is 1. The zero-order chi connectivity index (χ0) is 13.0. The summed E-state index contributed by atoms with van der Waals surface area (Å²) in [6.07, 6.45) is 3.10. The van der Waals surface area contributed by atoms with E-state index in [9.17, 15) is 4.79 Å². The Balaban J connectivity index is 1.97. The average Bonchev–Trinajstić information content (AvgIpc) is 2.83. The predicted octanol–water partition coefficient (Wildman–Crippen LogP) is 1.22. The molecule has 0 aliphatic rings. The van der Waals surface area contributed by atoms with Gasteiger partial charge < -0.3 is 9.88 Å². The Morgan fingerprint density at radius 3 is 2.72 bits per heavy atom. The van der Waals surface area contributed by atoms with Crippen LogP contribution in [0.25, 0.3) is 0 Å². The molecule has 0 saturated heterocycles. The van der Waals surface area contributed by atoms with Crippen LogP contribution in [0.2, 0.25) is 0 Å². The molecule has 0 radical (unpaired) electrons. The Morgan fingerprint density at radius 2 is 2.17 bits per heavy atom. The van der Waals surface area contributed by atoms with E-state index in [1.807, 2.05) is 18.2 Å². The maximum Gasteiger partial charge on any atom is 0.269 e. The van der Waals surface area contributed by atoms with E-state index >= 15 is 0 Å². The highest BCUT2D eigenvalue weighted by Gasteiger charge is 2.08. The summed E-state index contributed by atoms with van der Waals surface area (Å²) in [4.78, 5) is 15.7. The van der Waals surface area contributed by atoms with E-state index in [2.05, 4.69) is 10.3 Å². The molecule has 0 unspecified atom stereocenters. The van der Waals surface area contributed by atoms with Crippen molar-refractivity contribution in [2.45, 2.75) is 6.54 Å². The molecular formula is C13H12N4O. The third-order valence-electron chi connectivity index (χ3n) is 2.59. The first-order valence-electron chi connectivity index (χ1n) is 5.44. The molecule has 1 aromatic heterocycles. The van der Waals surface area contributed by atoms with E-state index in [-0.39, 0.29) is 5.91 Å². The summed E-state index contributed by atoms with van der Waals surface area (Å²) in [6, 6.07) is 9.15. The smallest absolute Gasteiger partial charge is 0.269 e. The molecule has 2 rings (SSSR count). The Hall–Kier alpha value is -2.61. The lowest BCUT2D eigenvalue weighted by Gasteiger charge is -2.05. The van der Waals surface area contributed by atoms with Crippen molar-refractivity contribution in [3.05, 3.63) is 53.6 Å². The summed E-state index contributed by atoms with van der Waals surface area (Å²) in [7, 11) is 1.77. The fourth-order valence-electron chi connectivity index (χ4n) is 1.55. The number of benzene rings is 1. The molecule has 0 atom stereocenters. The van der Waals surface area contributed by atoms with E-state index in [0.29, 0.717) is 17.8 Å². The number of imidazole rings is 1. The Morgan fingerprint density at radius 1 is 1.44 bits per heavy atom. The second-order valence-corrected chi connectivity index (χ2v) is 3.88. The molecule has 0 aliphatic heterocycles. The second kappa shape index (κ2) is 5.15. The van der Waals surface area contributed by atoms with Gasteiger partial charge in [-0.05, 0) is 17.7 Å². The molecule has 0 fully saturated rings. The van der Waals surface area contributed by atoms with E-state index in [0.717, 1.165) is 5.56 Å². The number of aromatic nitrogens is 2. The van der Waals surface area contributed by atoms with Crippen molar-refractivity contribution in [1.29, 1.82) is 5.26 Å². The molecule has 0 bridgehead atoms. The maximum atomic E-state index is 11.8. The fraction of sp³-hybridized carbons (Fsp3) is 0.154. The van der Waals surface area contributed by atoms with Crippen LogP contribution in [0.15, 0.2) is 36.8 Å². The van der Waals surface area contributed by atoms with Crippen LogP contribution in [0.1, 0.15) is 21.6 Å². The van der Waals surface area contributed by atoms with E-state index in [1.54, 1.807) is 30.1 Å². The van der Waals surface area contributed by atoms with Gasteiger partial charge in [0, 0.05) is 13.6 Å². The van der Waals surface area contributed by atoms with Crippen LogP contribution in [0.5, 0.6) is 0 Å². The van der Waals surface area contributed by atoms with Crippen molar-refractivity contribution in [3.8, 4) is 6.07 Å². The van der Waals surface area contributed by atoms with Gasteiger partial charge >= 0.3 is 0 Å². The number of carbonyl (C=O) groups excluding carboxylic acids is 1. The molecule has 1 amide bonds. The summed E-state index contributed by atoms with van der Waals surface area (Å²) in [6.45, 7) is 0.426. The van der Waals surface area contributed by atoms with Gasteiger partial charge in [0.1, 0.15) is 5.69 Å². The van der Waals surface area contributed by atoms with Crippen LogP contribution in [0, 0.1) is 11.3 Å². The van der Waals surface area contributed by atoms with Crippen molar-refractivity contribution in [2.75, 3.05) is 0 Å². The van der Waals surface area contributed by atoms with E-state index in [4.69, 9.17) is 5.26 Å². The molecular weight excluding hydrogens is 228 g/mol. The van der Waals surface area contributed by atoms with Gasteiger partial charge in [0.2, 0.25) is 0 Å². The summed E-state index contributed by atoms with van der Waals surface area (Å²) < 4.78 is 1.66. The zero-order valence-corrected chi connectivity index (χ0v) is 9.92. The summed E-state index contributed by atoms with van der Waals surface area (Å²) >= 11 is 0. The number of hydrogen-bond acceptors (Lipinski definition) is 3. The van der Waals surface area contributed by atoms with Crippen LogP contribution < -0.4 is 5.32 Å². The summed E-state index contributed by atoms with van der Waals surface area (Å²) in [5, 5.41) is 11.5. The van der Waals surface area contributed by atoms with Gasteiger partial charge in [-0.15, -0.1) is 0 Å². The highest BCUT2D eigenvalue weighted by atomic mass is 16.1. The minimum atomic E-state index is -0.167. The van der Waals surface area contributed by atoms with Crippen LogP contribution in [0.3, 0.4) is 0 Å². The van der Waals surface area contributed by atoms with Gasteiger partial charge in [-0.2, -0.15) is 5.26 Å². The minimum absolute atomic E-state index is 0.167. The Kier molecular flexibility index (Phi) is 3.39. The molecule has 0 aliphatic carbocycles. The summed E-state index contributed by atoms with van der Waals surface area (Å²) in [5.74, 6) is -0.167. The molecule has 2 aromatic rings. The number of amides is 1. The lowest BCUT2D eigenvalue weighted by molar-refractivity contribution is 0.0942. The van der Waals surface area contributed by atoms with Crippen molar-refractivity contribution in [2.24, 2.45) is 7.05 Å². The molecule has 1 aromatic carbocycles. The number of aryl methyl sites for hydroxylation is 1. The minimum Gasteiger partial charge on any atom is -0.347 e. The first-order valence-corrected chi connectivity index (χ1v) is 5.44. The molecule has 0 spiro atoms. The predicted molar refractivity (Wildman–Crippen MR) is 65.5 cm³/mol. The summed E-state index contributed by atoms with van der Waals surface area (Å²) in [5.41, 5.74) is 2.07. The lowest BCUT2D eigenvalue weighted by atomic mass is 10.1. The molecule has 90 valence electrons. The van der Waals surface area contributed by atoms with Crippen LogP contribution in [-0.2, 0) is 13.6 Å². The van der Waals surface area contributed by atoms with Crippen molar-refractivity contribution < 1.29 is 4.79 Å². The van der Waals surface area contributed by atoms with Gasteiger partial charge in [-0.3, -0.25) is 4.79 Å².